The number of hydrogen-bond acceptors (Lipinski definition) is 0. The average molecular weight is 389 g/mol. The molecule has 0 aliphatic heterocycles. The van der Waals surface area contributed by atoms with E-state index >= 15 is 0 Å². The van der Waals surface area contributed by atoms with Crippen LogP contribution in [0.2, 0.25) is 0 Å². The third kappa shape index (κ3) is 3.97. The molecule has 0 saturated heterocycles. The zero-order chi connectivity index (χ0) is 9.64. The van der Waals surface area contributed by atoms with Crippen molar-refractivity contribution in [3.8, 4) is 0 Å². The molecule has 3 radical (unpaired) electrons. The Morgan fingerprint density at radius 2 is 0.867 bits per heavy atom. The van der Waals surface area contributed by atoms with E-state index in [4.69, 9.17) is 0 Å². The summed E-state index contributed by atoms with van der Waals surface area (Å²) in [7, 11) is 0. The summed E-state index contributed by atoms with van der Waals surface area (Å²) in [5, 5.41) is 0. The maximum Gasteiger partial charge on any atom is 0 e. The summed E-state index contributed by atoms with van der Waals surface area (Å²) in [6.07, 6.45) is 4.24. The van der Waals surface area contributed by atoms with E-state index in [1.165, 1.54) is 11.1 Å². The minimum Gasteiger partial charge on any atom is -0.0622 e. The predicted molar refractivity (Wildman–Crippen MR) is 67.6 cm³/mol. The SMILES string of the molecule is C(=Cc1ccccc1)c1ccccc1.[Bi]. The molecule has 0 aliphatic carbocycles. The minimum atomic E-state index is 0. The Hall–Kier alpha value is -0.937. The fraction of sp³-hybridized carbons (Fsp3) is 0. The van der Waals surface area contributed by atoms with Gasteiger partial charge in [-0.05, 0) is 11.1 Å². The van der Waals surface area contributed by atoms with Crippen molar-refractivity contribution in [3.63, 3.8) is 0 Å². The van der Waals surface area contributed by atoms with Crippen LogP contribution >= 0.6 is 0 Å². The first-order valence-corrected chi connectivity index (χ1v) is 4.73. The Bertz CT molecular complexity index is 362. The summed E-state index contributed by atoms with van der Waals surface area (Å²) >= 11 is 0. The van der Waals surface area contributed by atoms with Crippen LogP contribution in [-0.4, -0.2) is 26.2 Å². The fourth-order valence-electron chi connectivity index (χ4n) is 1.32. The van der Waals surface area contributed by atoms with Crippen LogP contribution in [-0.2, 0) is 0 Å². The summed E-state index contributed by atoms with van der Waals surface area (Å²) in [6, 6.07) is 20.6. The van der Waals surface area contributed by atoms with Gasteiger partial charge in [0.25, 0.3) is 0 Å². The summed E-state index contributed by atoms with van der Waals surface area (Å²) in [5.74, 6) is 0. The molecule has 0 N–H and O–H groups in total. The van der Waals surface area contributed by atoms with Crippen LogP contribution < -0.4 is 0 Å². The normalized spacial score (nSPS) is 9.87. The van der Waals surface area contributed by atoms with Gasteiger partial charge in [0.05, 0.1) is 0 Å². The summed E-state index contributed by atoms with van der Waals surface area (Å²) in [6.45, 7) is 0. The molecule has 2 aromatic rings. The first-order chi connectivity index (χ1) is 6.95. The van der Waals surface area contributed by atoms with E-state index in [2.05, 4.69) is 36.4 Å². The number of rotatable bonds is 2. The first kappa shape index (κ1) is 12.1. The second-order valence-corrected chi connectivity index (χ2v) is 3.15. The Kier molecular flexibility index (Phi) is 5.28. The summed E-state index contributed by atoms with van der Waals surface area (Å²) in [4.78, 5) is 0. The molecule has 0 heterocycles. The van der Waals surface area contributed by atoms with Gasteiger partial charge in [-0.2, -0.15) is 0 Å². The van der Waals surface area contributed by atoms with Crippen molar-refractivity contribution in [1.29, 1.82) is 0 Å². The van der Waals surface area contributed by atoms with Gasteiger partial charge in [-0.25, -0.2) is 0 Å². The van der Waals surface area contributed by atoms with E-state index in [1.54, 1.807) is 0 Å². The molecule has 0 nitrogen and oxygen atoms in total. The van der Waals surface area contributed by atoms with Crippen LogP contribution in [0.25, 0.3) is 12.2 Å². The van der Waals surface area contributed by atoms with Crippen LogP contribution in [0.3, 0.4) is 0 Å². The maximum atomic E-state index is 2.12. The molecular weight excluding hydrogens is 377 g/mol. The van der Waals surface area contributed by atoms with Crippen LogP contribution in [0.4, 0.5) is 0 Å². The molecule has 0 atom stereocenters. The second-order valence-electron chi connectivity index (χ2n) is 3.15. The van der Waals surface area contributed by atoms with Gasteiger partial charge in [0.1, 0.15) is 0 Å². The van der Waals surface area contributed by atoms with Gasteiger partial charge in [-0.3, -0.25) is 0 Å². The van der Waals surface area contributed by atoms with Crippen LogP contribution in [0, 0.1) is 0 Å². The van der Waals surface area contributed by atoms with E-state index in [0.717, 1.165) is 0 Å². The molecule has 2 rings (SSSR count). The molecule has 1 heteroatoms. The Labute approximate surface area is 110 Å². The molecule has 0 fully saturated rings. The van der Waals surface area contributed by atoms with E-state index in [-0.39, 0.29) is 26.2 Å². The van der Waals surface area contributed by atoms with Gasteiger partial charge in [0, 0.05) is 26.2 Å². The molecule has 15 heavy (non-hydrogen) atoms. The van der Waals surface area contributed by atoms with Crippen molar-refractivity contribution in [3.05, 3.63) is 71.8 Å². The van der Waals surface area contributed by atoms with E-state index in [9.17, 15) is 0 Å². The largest absolute Gasteiger partial charge is 0.0622 e. The molecule has 0 bridgehead atoms. The fourth-order valence-corrected chi connectivity index (χ4v) is 1.32. The summed E-state index contributed by atoms with van der Waals surface area (Å²) in [5.41, 5.74) is 2.47. The van der Waals surface area contributed by atoms with E-state index in [1.807, 2.05) is 36.4 Å². The van der Waals surface area contributed by atoms with Crippen LogP contribution in [0.15, 0.2) is 60.7 Å². The first-order valence-electron chi connectivity index (χ1n) is 4.73. The van der Waals surface area contributed by atoms with Gasteiger partial charge in [-0.15, -0.1) is 0 Å². The van der Waals surface area contributed by atoms with Crippen molar-refractivity contribution in [2.24, 2.45) is 0 Å². The standard InChI is InChI=1S/C14H12.Bi/c1-3-7-13(8-4-1)11-12-14-9-5-2-6-10-14;/h1-12H;. The molecule has 0 spiro atoms. The van der Waals surface area contributed by atoms with E-state index < -0.39 is 0 Å². The Morgan fingerprint density at radius 3 is 1.20 bits per heavy atom. The number of hydrogen-bond donors (Lipinski definition) is 0. The van der Waals surface area contributed by atoms with Gasteiger partial charge in [0.2, 0.25) is 0 Å². The van der Waals surface area contributed by atoms with Gasteiger partial charge < -0.3 is 0 Å². The molecule has 2 aromatic carbocycles. The zero-order valence-corrected chi connectivity index (χ0v) is 11.9. The number of benzene rings is 2. The third-order valence-corrected chi connectivity index (χ3v) is 2.07. The van der Waals surface area contributed by atoms with Crippen LogP contribution in [0.5, 0.6) is 0 Å². The monoisotopic (exact) mass is 389 g/mol. The quantitative estimate of drug-likeness (QED) is 0.545. The molecular formula is C14H12Bi. The molecule has 0 aliphatic rings. The van der Waals surface area contributed by atoms with Gasteiger partial charge in [0.15, 0.2) is 0 Å². The van der Waals surface area contributed by atoms with Crippen LogP contribution in [0.1, 0.15) is 11.1 Å². The zero-order valence-electron chi connectivity index (χ0n) is 8.38. The van der Waals surface area contributed by atoms with Crippen molar-refractivity contribution in [2.45, 2.75) is 0 Å². The van der Waals surface area contributed by atoms with Crippen molar-refractivity contribution < 1.29 is 0 Å². The van der Waals surface area contributed by atoms with Crippen molar-refractivity contribution in [1.82, 2.24) is 0 Å². The van der Waals surface area contributed by atoms with E-state index in [0.29, 0.717) is 0 Å². The molecule has 0 amide bonds. The molecule has 0 aromatic heterocycles. The third-order valence-electron chi connectivity index (χ3n) is 2.07. The maximum absolute atomic E-state index is 2.12. The Balaban J connectivity index is 0.00000112. The predicted octanol–water partition coefficient (Wildman–Crippen LogP) is 3.48. The second kappa shape index (κ2) is 6.53. The van der Waals surface area contributed by atoms with Gasteiger partial charge in [-0.1, -0.05) is 72.8 Å². The topological polar surface area (TPSA) is 0 Å². The average Bonchev–Trinajstić information content (AvgIpc) is 2.29. The van der Waals surface area contributed by atoms with Crippen molar-refractivity contribution in [2.75, 3.05) is 0 Å². The smallest absolute Gasteiger partial charge is 0 e. The molecule has 0 saturated carbocycles. The minimum absolute atomic E-state index is 0. The summed E-state index contributed by atoms with van der Waals surface area (Å²) < 4.78 is 0. The molecule has 0 unspecified atom stereocenters. The van der Waals surface area contributed by atoms with Gasteiger partial charge >= 0.3 is 0 Å². The molecule has 73 valence electrons. The van der Waals surface area contributed by atoms with Crippen molar-refractivity contribution >= 4 is 38.4 Å². The Morgan fingerprint density at radius 1 is 0.533 bits per heavy atom.